The summed E-state index contributed by atoms with van der Waals surface area (Å²) in [7, 11) is 0. The molecule has 6 heteroatoms. The molecule has 0 N–H and O–H groups in total. The molecule has 4 aromatic rings. The van der Waals surface area contributed by atoms with Crippen LogP contribution in [0.1, 0.15) is 11.3 Å². The smallest absolute Gasteiger partial charge is 0.255 e. The fourth-order valence-corrected chi connectivity index (χ4v) is 3.70. The predicted octanol–water partition coefficient (Wildman–Crippen LogP) is 3.44. The van der Waals surface area contributed by atoms with Crippen molar-refractivity contribution in [1.29, 1.82) is 0 Å². The van der Waals surface area contributed by atoms with Gasteiger partial charge in [0.15, 0.2) is 0 Å². The summed E-state index contributed by atoms with van der Waals surface area (Å²) in [6.07, 6.45) is 5.98. The third-order valence-electron chi connectivity index (χ3n) is 5.13. The van der Waals surface area contributed by atoms with E-state index in [4.69, 9.17) is 4.98 Å². The minimum atomic E-state index is -0.0563. The molecule has 0 aliphatic carbocycles. The van der Waals surface area contributed by atoms with Crippen LogP contribution in [0.5, 0.6) is 0 Å². The average Bonchev–Trinajstić information content (AvgIpc) is 2.78. The molecule has 3 aromatic heterocycles. The maximum atomic E-state index is 13.0. The van der Waals surface area contributed by atoms with Crippen LogP contribution in [-0.2, 0) is 13.0 Å². The lowest BCUT2D eigenvalue weighted by Gasteiger charge is -2.33. The fraction of sp³-hybridized carbons (Fsp3) is 0.130. The van der Waals surface area contributed by atoms with E-state index in [2.05, 4.69) is 27.0 Å². The van der Waals surface area contributed by atoms with Gasteiger partial charge in [0.1, 0.15) is 0 Å². The van der Waals surface area contributed by atoms with Gasteiger partial charge >= 0.3 is 0 Å². The Balaban J connectivity index is 1.60. The quantitative estimate of drug-likeness (QED) is 0.542. The highest BCUT2D eigenvalue weighted by Gasteiger charge is 2.25. The summed E-state index contributed by atoms with van der Waals surface area (Å²) >= 11 is 0. The summed E-state index contributed by atoms with van der Waals surface area (Å²) in [6.45, 7) is 1.20. The second-order valence-electron chi connectivity index (χ2n) is 6.95. The molecule has 5 rings (SSSR count). The Bertz CT molecular complexity index is 1200. The lowest BCUT2D eigenvalue weighted by molar-refractivity contribution is 0.682. The fourth-order valence-electron chi connectivity index (χ4n) is 3.70. The molecule has 0 atom stereocenters. The minimum absolute atomic E-state index is 0.0563. The van der Waals surface area contributed by atoms with Gasteiger partial charge in [-0.3, -0.25) is 19.3 Å². The summed E-state index contributed by atoms with van der Waals surface area (Å²) in [5.74, 6) is 0.666. The number of hydrogen-bond acceptors (Lipinski definition) is 5. The number of nitrogens with zero attached hydrogens (tertiary/aromatic N) is 5. The van der Waals surface area contributed by atoms with Gasteiger partial charge in [0.2, 0.25) is 5.95 Å². The van der Waals surface area contributed by atoms with E-state index in [9.17, 15) is 4.79 Å². The molecule has 1 aliphatic heterocycles. The van der Waals surface area contributed by atoms with Crippen molar-refractivity contribution in [3.05, 3.63) is 101 Å². The van der Waals surface area contributed by atoms with Gasteiger partial charge in [-0.15, -0.1) is 0 Å². The van der Waals surface area contributed by atoms with E-state index in [1.807, 2.05) is 42.5 Å². The molecule has 142 valence electrons. The van der Waals surface area contributed by atoms with Crippen LogP contribution in [0, 0.1) is 0 Å². The summed E-state index contributed by atoms with van der Waals surface area (Å²) in [4.78, 5) is 28.5. The van der Waals surface area contributed by atoms with Crippen molar-refractivity contribution in [2.45, 2.75) is 13.0 Å². The van der Waals surface area contributed by atoms with Crippen molar-refractivity contribution in [2.24, 2.45) is 0 Å². The van der Waals surface area contributed by atoms with Crippen molar-refractivity contribution >= 4 is 11.6 Å². The highest BCUT2D eigenvalue weighted by atomic mass is 16.1. The van der Waals surface area contributed by atoms with E-state index >= 15 is 0 Å². The van der Waals surface area contributed by atoms with Gasteiger partial charge in [-0.25, -0.2) is 4.98 Å². The molecular weight excluding hydrogens is 362 g/mol. The van der Waals surface area contributed by atoms with Crippen LogP contribution in [0.3, 0.4) is 0 Å². The minimum Gasteiger partial charge on any atom is -0.311 e. The molecule has 1 aromatic carbocycles. The maximum absolute atomic E-state index is 13.0. The lowest BCUT2D eigenvalue weighted by atomic mass is 10.1. The zero-order valence-electron chi connectivity index (χ0n) is 15.8. The Morgan fingerprint density at radius 1 is 0.931 bits per heavy atom. The van der Waals surface area contributed by atoms with Gasteiger partial charge in [0.05, 0.1) is 12.2 Å². The number of fused-ring (bicyclic) bond motifs is 2. The van der Waals surface area contributed by atoms with E-state index in [1.54, 1.807) is 29.2 Å². The average molecular weight is 381 g/mol. The topological polar surface area (TPSA) is 63.9 Å². The molecule has 0 saturated carbocycles. The molecule has 0 amide bonds. The summed E-state index contributed by atoms with van der Waals surface area (Å²) < 4.78 is 1.74. The first-order chi connectivity index (χ1) is 14.3. The Hall–Kier alpha value is -3.80. The Morgan fingerprint density at radius 2 is 1.76 bits per heavy atom. The summed E-state index contributed by atoms with van der Waals surface area (Å²) in [5.41, 5.74) is 4.69. The van der Waals surface area contributed by atoms with Gasteiger partial charge < -0.3 is 4.90 Å². The maximum Gasteiger partial charge on any atom is 0.255 e. The first-order valence-corrected chi connectivity index (χ1v) is 9.57. The van der Waals surface area contributed by atoms with Crippen LogP contribution in [0.4, 0.5) is 11.6 Å². The molecule has 0 unspecified atom stereocenters. The van der Waals surface area contributed by atoms with E-state index in [0.717, 1.165) is 28.9 Å². The molecule has 0 bridgehead atoms. The highest BCUT2D eigenvalue weighted by molar-refractivity contribution is 5.68. The Labute approximate surface area is 168 Å². The molecular formula is C23H19N5O. The second-order valence-corrected chi connectivity index (χ2v) is 6.95. The van der Waals surface area contributed by atoms with E-state index < -0.39 is 0 Å². The van der Waals surface area contributed by atoms with Gasteiger partial charge in [-0.1, -0.05) is 24.3 Å². The predicted molar refractivity (Wildman–Crippen MR) is 112 cm³/mol. The van der Waals surface area contributed by atoms with Crippen molar-refractivity contribution in [3.8, 4) is 11.3 Å². The number of hydrogen-bond donors (Lipinski definition) is 0. The van der Waals surface area contributed by atoms with Crippen LogP contribution in [0.15, 0.2) is 84.0 Å². The zero-order valence-corrected chi connectivity index (χ0v) is 15.8. The molecule has 4 heterocycles. The van der Waals surface area contributed by atoms with E-state index in [0.29, 0.717) is 24.7 Å². The van der Waals surface area contributed by atoms with Crippen LogP contribution in [0.2, 0.25) is 0 Å². The van der Waals surface area contributed by atoms with E-state index in [-0.39, 0.29) is 5.56 Å². The Kier molecular flexibility index (Phi) is 4.37. The van der Waals surface area contributed by atoms with Crippen molar-refractivity contribution < 1.29 is 0 Å². The summed E-state index contributed by atoms with van der Waals surface area (Å²) in [6, 6.07) is 19.4. The van der Waals surface area contributed by atoms with Crippen LogP contribution in [0.25, 0.3) is 11.3 Å². The van der Waals surface area contributed by atoms with Crippen LogP contribution in [-0.4, -0.2) is 26.1 Å². The monoisotopic (exact) mass is 381 g/mol. The SMILES string of the molecule is O=c1cc(-c2ccncc2)nc2n1Cc1ccccc1N2CCc1ccccn1. The first kappa shape index (κ1) is 17.3. The molecule has 1 aliphatic rings. The van der Waals surface area contributed by atoms with Gasteiger partial charge in [-0.05, 0) is 35.9 Å². The molecule has 6 nitrogen and oxygen atoms in total. The van der Waals surface area contributed by atoms with Crippen molar-refractivity contribution in [2.75, 3.05) is 11.4 Å². The van der Waals surface area contributed by atoms with Gasteiger partial charge in [-0.2, -0.15) is 0 Å². The van der Waals surface area contributed by atoms with Gasteiger partial charge in [0, 0.05) is 54.6 Å². The van der Waals surface area contributed by atoms with Crippen LogP contribution < -0.4 is 10.5 Å². The number of benzene rings is 1. The molecule has 0 radical (unpaired) electrons. The number of anilines is 2. The zero-order chi connectivity index (χ0) is 19.6. The number of aromatic nitrogens is 4. The van der Waals surface area contributed by atoms with Gasteiger partial charge in [0.25, 0.3) is 5.56 Å². The normalized spacial score (nSPS) is 12.3. The number of rotatable bonds is 4. The third-order valence-corrected chi connectivity index (χ3v) is 5.13. The molecule has 0 fully saturated rings. The number of pyridine rings is 2. The number of para-hydroxylation sites is 1. The molecule has 0 saturated heterocycles. The highest BCUT2D eigenvalue weighted by Crippen LogP contribution is 2.33. The molecule has 0 spiro atoms. The Morgan fingerprint density at radius 3 is 2.59 bits per heavy atom. The van der Waals surface area contributed by atoms with Crippen molar-refractivity contribution in [3.63, 3.8) is 0 Å². The van der Waals surface area contributed by atoms with E-state index in [1.165, 1.54) is 0 Å². The first-order valence-electron chi connectivity index (χ1n) is 9.57. The summed E-state index contributed by atoms with van der Waals surface area (Å²) in [5, 5.41) is 0. The second kappa shape index (κ2) is 7.31. The molecule has 29 heavy (non-hydrogen) atoms. The van der Waals surface area contributed by atoms with Crippen molar-refractivity contribution in [1.82, 2.24) is 19.5 Å². The standard InChI is InChI=1S/C23H19N5O/c29-22-15-20(17-8-12-24-13-9-17)26-23-27(14-10-19-6-3-4-11-25-19)21-7-2-1-5-18(21)16-28(22)23/h1-9,11-13,15H,10,14,16H2. The largest absolute Gasteiger partial charge is 0.311 e. The van der Waals surface area contributed by atoms with Crippen LogP contribution >= 0.6 is 0 Å². The third kappa shape index (κ3) is 3.29. The lowest BCUT2D eigenvalue weighted by Crippen LogP contribution is -2.36.